The van der Waals surface area contributed by atoms with Crippen molar-refractivity contribution in [1.82, 2.24) is 4.83 Å². The van der Waals surface area contributed by atoms with Crippen molar-refractivity contribution in [1.29, 1.82) is 0 Å². The predicted molar refractivity (Wildman–Crippen MR) is 94.5 cm³/mol. The predicted octanol–water partition coefficient (Wildman–Crippen LogP) is 3.54. The molecule has 0 spiro atoms. The van der Waals surface area contributed by atoms with E-state index in [1.165, 1.54) is 5.56 Å². The maximum atomic E-state index is 12.4. The van der Waals surface area contributed by atoms with E-state index in [0.717, 1.165) is 22.3 Å². The van der Waals surface area contributed by atoms with Crippen LogP contribution >= 0.6 is 0 Å². The Hall–Kier alpha value is -2.14. The first-order valence-corrected chi connectivity index (χ1v) is 8.89. The largest absolute Gasteiger partial charge is 0.276 e. The number of sulfonamides is 1. The minimum Gasteiger partial charge on any atom is -0.200 e. The Bertz CT molecular complexity index is 846. The second-order valence-electron chi connectivity index (χ2n) is 5.93. The van der Waals surface area contributed by atoms with E-state index in [2.05, 4.69) is 9.93 Å². The zero-order chi connectivity index (χ0) is 17.2. The first kappa shape index (κ1) is 17.2. The number of hydrazone groups is 1. The van der Waals surface area contributed by atoms with Crippen LogP contribution in [0.5, 0.6) is 0 Å². The summed E-state index contributed by atoms with van der Waals surface area (Å²) in [6.45, 7) is 9.64. The maximum Gasteiger partial charge on any atom is 0.276 e. The smallest absolute Gasteiger partial charge is 0.200 e. The van der Waals surface area contributed by atoms with Crippen LogP contribution in [0.15, 0.2) is 40.3 Å². The molecule has 0 amide bonds. The summed E-state index contributed by atoms with van der Waals surface area (Å²) in [4.78, 5) is 2.56. The van der Waals surface area contributed by atoms with Crippen LogP contribution in [-0.4, -0.2) is 14.6 Å². The van der Waals surface area contributed by atoms with E-state index in [1.54, 1.807) is 25.3 Å². The number of hydrogen-bond donors (Lipinski definition) is 1. The fourth-order valence-corrected chi connectivity index (χ4v) is 3.72. The highest BCUT2D eigenvalue weighted by Gasteiger charge is 2.15. The molecule has 0 saturated heterocycles. The lowest BCUT2D eigenvalue weighted by molar-refractivity contribution is 0.584. The van der Waals surface area contributed by atoms with E-state index in [9.17, 15) is 8.42 Å². The van der Waals surface area contributed by atoms with Gasteiger partial charge in [0.1, 0.15) is 0 Å². The highest BCUT2D eigenvalue weighted by molar-refractivity contribution is 7.89. The number of nitrogens with zero attached hydrogens (tertiary/aromatic N) is 1. The molecule has 0 aliphatic rings. The molecule has 0 unspecified atom stereocenters. The van der Waals surface area contributed by atoms with Gasteiger partial charge in [-0.25, -0.2) is 4.83 Å². The number of aryl methyl sites for hydroxylation is 5. The Morgan fingerprint density at radius 3 is 2.09 bits per heavy atom. The fraction of sp³-hybridized carbons (Fsp3) is 0.278. The number of rotatable bonds is 4. The highest BCUT2D eigenvalue weighted by atomic mass is 32.2. The van der Waals surface area contributed by atoms with Gasteiger partial charge >= 0.3 is 0 Å². The van der Waals surface area contributed by atoms with Gasteiger partial charge in [0.2, 0.25) is 0 Å². The first-order chi connectivity index (χ1) is 10.7. The molecule has 2 aromatic rings. The minimum atomic E-state index is -3.67. The molecular formula is C18H22N2O2S. The van der Waals surface area contributed by atoms with E-state index >= 15 is 0 Å². The molecule has 122 valence electrons. The zero-order valence-electron chi connectivity index (χ0n) is 14.1. The van der Waals surface area contributed by atoms with Gasteiger partial charge in [0.05, 0.1) is 11.1 Å². The highest BCUT2D eigenvalue weighted by Crippen LogP contribution is 2.17. The zero-order valence-corrected chi connectivity index (χ0v) is 15.0. The molecule has 0 aliphatic carbocycles. The number of nitrogens with one attached hydrogen (secondary N) is 1. The first-order valence-electron chi connectivity index (χ1n) is 7.40. The van der Waals surface area contributed by atoms with Crippen LogP contribution in [0.1, 0.15) is 33.4 Å². The van der Waals surface area contributed by atoms with E-state index in [-0.39, 0.29) is 4.90 Å². The summed E-state index contributed by atoms with van der Waals surface area (Å²) in [7, 11) is -3.67. The third kappa shape index (κ3) is 3.99. The lowest BCUT2D eigenvalue weighted by Gasteiger charge is -2.09. The Labute approximate surface area is 138 Å². The molecule has 2 rings (SSSR count). The summed E-state index contributed by atoms with van der Waals surface area (Å²) < 4.78 is 24.8. The van der Waals surface area contributed by atoms with Gasteiger partial charge in [-0.1, -0.05) is 29.8 Å². The Kier molecular flexibility index (Phi) is 4.90. The van der Waals surface area contributed by atoms with E-state index < -0.39 is 10.0 Å². The molecule has 0 saturated carbocycles. The normalized spacial score (nSPS) is 11.9. The van der Waals surface area contributed by atoms with E-state index in [4.69, 9.17) is 0 Å². The van der Waals surface area contributed by atoms with Gasteiger partial charge in [-0.2, -0.15) is 13.5 Å². The van der Waals surface area contributed by atoms with Crippen LogP contribution in [0, 0.1) is 34.6 Å². The quantitative estimate of drug-likeness (QED) is 0.688. The van der Waals surface area contributed by atoms with Gasteiger partial charge in [-0.3, -0.25) is 0 Å². The third-order valence-corrected chi connectivity index (χ3v) is 5.10. The topological polar surface area (TPSA) is 58.5 Å². The molecule has 5 heteroatoms. The second kappa shape index (κ2) is 6.54. The lowest BCUT2D eigenvalue weighted by Crippen LogP contribution is -2.19. The van der Waals surface area contributed by atoms with Crippen molar-refractivity contribution >= 4 is 16.2 Å². The summed E-state index contributed by atoms with van der Waals surface area (Å²) in [5.74, 6) is 0. The molecular weight excluding hydrogens is 308 g/mol. The molecule has 0 atom stereocenters. The van der Waals surface area contributed by atoms with Crippen LogP contribution in [-0.2, 0) is 10.0 Å². The Balaban J connectivity index is 2.28. The van der Waals surface area contributed by atoms with Crippen LogP contribution in [0.3, 0.4) is 0 Å². The number of benzene rings is 2. The van der Waals surface area contributed by atoms with Crippen LogP contribution in [0.25, 0.3) is 0 Å². The summed E-state index contributed by atoms with van der Waals surface area (Å²) >= 11 is 0. The molecule has 23 heavy (non-hydrogen) atoms. The average molecular weight is 330 g/mol. The Morgan fingerprint density at radius 2 is 1.48 bits per heavy atom. The molecule has 0 aromatic heterocycles. The number of hydrogen-bond acceptors (Lipinski definition) is 3. The second-order valence-corrected chi connectivity index (χ2v) is 7.56. The van der Waals surface area contributed by atoms with Crippen LogP contribution in [0.2, 0.25) is 0 Å². The van der Waals surface area contributed by atoms with Crippen molar-refractivity contribution in [2.45, 2.75) is 39.5 Å². The third-order valence-electron chi connectivity index (χ3n) is 3.74. The molecule has 0 heterocycles. The van der Waals surface area contributed by atoms with Crippen molar-refractivity contribution in [3.05, 3.63) is 63.7 Å². The van der Waals surface area contributed by atoms with Crippen molar-refractivity contribution in [2.24, 2.45) is 5.10 Å². The average Bonchev–Trinajstić information content (AvgIpc) is 2.44. The Morgan fingerprint density at radius 1 is 0.870 bits per heavy atom. The molecule has 0 radical (unpaired) electrons. The SMILES string of the molecule is Cc1cc(C)c(C=NNS(=O)(=O)c2cc(C)ccc2C)c(C)c1. The lowest BCUT2D eigenvalue weighted by atomic mass is 10.0. The summed E-state index contributed by atoms with van der Waals surface area (Å²) in [5.41, 5.74) is 5.83. The van der Waals surface area contributed by atoms with E-state index in [0.29, 0.717) is 5.56 Å². The standard InChI is InChI=1S/C18H22N2O2S/c1-12-6-7-14(3)18(10-12)23(21,22)20-19-11-17-15(4)8-13(2)9-16(17)5/h6-11,20H,1-5H3. The minimum absolute atomic E-state index is 0.256. The van der Waals surface area contributed by atoms with Crippen LogP contribution < -0.4 is 4.83 Å². The molecule has 0 aliphatic heterocycles. The van der Waals surface area contributed by atoms with Crippen molar-refractivity contribution in [2.75, 3.05) is 0 Å². The van der Waals surface area contributed by atoms with Gasteiger partial charge in [0.15, 0.2) is 0 Å². The van der Waals surface area contributed by atoms with Crippen molar-refractivity contribution in [3.8, 4) is 0 Å². The summed E-state index contributed by atoms with van der Waals surface area (Å²) in [6.07, 6.45) is 1.56. The van der Waals surface area contributed by atoms with Gasteiger partial charge in [-0.05, 0) is 62.9 Å². The molecule has 2 aromatic carbocycles. The van der Waals surface area contributed by atoms with Crippen molar-refractivity contribution < 1.29 is 8.42 Å². The van der Waals surface area contributed by atoms with Crippen LogP contribution in [0.4, 0.5) is 0 Å². The van der Waals surface area contributed by atoms with E-state index in [1.807, 2.05) is 45.9 Å². The van der Waals surface area contributed by atoms with Gasteiger partial charge in [0, 0.05) is 5.56 Å². The molecule has 4 nitrogen and oxygen atoms in total. The monoisotopic (exact) mass is 330 g/mol. The maximum absolute atomic E-state index is 12.4. The summed E-state index contributed by atoms with van der Waals surface area (Å²) in [6, 6.07) is 9.43. The fourth-order valence-electron chi connectivity index (χ4n) is 2.60. The van der Waals surface area contributed by atoms with Crippen molar-refractivity contribution in [3.63, 3.8) is 0 Å². The summed E-state index contributed by atoms with van der Waals surface area (Å²) in [5, 5.41) is 3.95. The molecule has 0 bridgehead atoms. The van der Waals surface area contributed by atoms with Gasteiger partial charge in [0.25, 0.3) is 10.0 Å². The molecule has 0 fully saturated rings. The molecule has 1 N–H and O–H groups in total. The van der Waals surface area contributed by atoms with Gasteiger partial charge < -0.3 is 0 Å². The van der Waals surface area contributed by atoms with Gasteiger partial charge in [-0.15, -0.1) is 0 Å².